The van der Waals surface area contributed by atoms with Crippen molar-refractivity contribution in [2.24, 2.45) is 4.99 Å². The highest BCUT2D eigenvalue weighted by Crippen LogP contribution is 2.38. The maximum atomic E-state index is 13.1. The van der Waals surface area contributed by atoms with Gasteiger partial charge in [0.25, 0.3) is 0 Å². The predicted molar refractivity (Wildman–Crippen MR) is 84.6 cm³/mol. The monoisotopic (exact) mass is 332 g/mol. The highest BCUT2D eigenvalue weighted by atomic mass is 35.5. The van der Waals surface area contributed by atoms with Crippen LogP contribution in [0.25, 0.3) is 11.4 Å². The molecule has 1 fully saturated rings. The van der Waals surface area contributed by atoms with Gasteiger partial charge in [0.1, 0.15) is 12.4 Å². The molecule has 0 spiro atoms. The first-order chi connectivity index (χ1) is 11.2. The summed E-state index contributed by atoms with van der Waals surface area (Å²) < 4.78 is 14.8. The molecule has 2 aliphatic rings. The van der Waals surface area contributed by atoms with Crippen molar-refractivity contribution < 1.29 is 4.39 Å². The van der Waals surface area contributed by atoms with Crippen molar-refractivity contribution in [2.45, 2.75) is 25.3 Å². The fraction of sp³-hybridized carbons (Fsp3) is 0.333. The molecular weight excluding hydrogens is 319 g/mol. The Kier molecular flexibility index (Phi) is 3.57. The summed E-state index contributed by atoms with van der Waals surface area (Å²) in [4.78, 5) is 12.7. The molecule has 0 radical (unpaired) electrons. The summed E-state index contributed by atoms with van der Waals surface area (Å²) in [6, 6.07) is 2.98. The average molecular weight is 333 g/mol. The minimum absolute atomic E-state index is 0.430. The summed E-state index contributed by atoms with van der Waals surface area (Å²) in [6.07, 6.45) is 5.42. The number of amidine groups is 1. The van der Waals surface area contributed by atoms with Crippen molar-refractivity contribution in [3.8, 4) is 11.4 Å². The second-order valence-electron chi connectivity index (χ2n) is 5.59. The molecule has 1 aliphatic heterocycles. The first-order valence-electron chi connectivity index (χ1n) is 7.40. The van der Waals surface area contributed by atoms with Gasteiger partial charge in [0.15, 0.2) is 11.6 Å². The molecule has 4 rings (SSSR count). The maximum absolute atomic E-state index is 13.1. The molecule has 2 aromatic rings. The van der Waals surface area contributed by atoms with Crippen molar-refractivity contribution in [2.75, 3.05) is 6.54 Å². The topological polar surface area (TPSA) is 68.0 Å². The Morgan fingerprint density at radius 2 is 2.22 bits per heavy atom. The third-order valence-electron chi connectivity index (χ3n) is 3.73. The van der Waals surface area contributed by atoms with Crippen LogP contribution in [0.15, 0.2) is 34.6 Å². The Morgan fingerprint density at radius 1 is 1.35 bits per heavy atom. The van der Waals surface area contributed by atoms with Gasteiger partial charge in [-0.3, -0.25) is 4.99 Å². The number of aromatic nitrogens is 4. The van der Waals surface area contributed by atoms with Crippen LogP contribution in [-0.2, 0) is 6.54 Å². The fourth-order valence-electron chi connectivity index (χ4n) is 2.37. The molecule has 0 saturated heterocycles. The summed E-state index contributed by atoms with van der Waals surface area (Å²) in [5, 5.41) is 8.31. The zero-order valence-electron chi connectivity index (χ0n) is 12.2. The standard InChI is InChI=1S/C15H14ClFN6/c16-11-6-19-13(20-7-11)8-23-15(10-3-4-12(17)18-5-10)21-14(22-23)9-1-2-9/h3-6,9H,1-2,7-8H2,(H,19,20). The number of halogens is 2. The van der Waals surface area contributed by atoms with Gasteiger partial charge in [0, 0.05) is 23.9 Å². The van der Waals surface area contributed by atoms with Gasteiger partial charge in [-0.05, 0) is 25.0 Å². The van der Waals surface area contributed by atoms with Crippen LogP contribution in [0.5, 0.6) is 0 Å². The second-order valence-corrected chi connectivity index (χ2v) is 6.08. The summed E-state index contributed by atoms with van der Waals surface area (Å²) in [5.74, 6) is 2.18. The molecule has 0 aromatic carbocycles. The van der Waals surface area contributed by atoms with E-state index in [1.54, 1.807) is 16.9 Å². The van der Waals surface area contributed by atoms with E-state index in [-0.39, 0.29) is 0 Å². The summed E-state index contributed by atoms with van der Waals surface area (Å²) in [7, 11) is 0. The SMILES string of the molecule is Fc1ccc(-c2nc(C3CC3)nn2CC2=NCC(Cl)=CN2)cn1. The second kappa shape index (κ2) is 5.73. The average Bonchev–Trinajstić information content (AvgIpc) is 3.32. The number of aliphatic imine (C=N–C) groups is 1. The Bertz CT molecular complexity index is 791. The molecule has 2 aromatic heterocycles. The van der Waals surface area contributed by atoms with Crippen molar-refractivity contribution in [1.29, 1.82) is 0 Å². The van der Waals surface area contributed by atoms with Crippen LogP contribution in [0.3, 0.4) is 0 Å². The Morgan fingerprint density at radius 3 is 2.87 bits per heavy atom. The number of rotatable bonds is 4. The van der Waals surface area contributed by atoms with E-state index in [1.165, 1.54) is 12.3 Å². The quantitative estimate of drug-likeness (QED) is 0.873. The molecule has 0 amide bonds. The van der Waals surface area contributed by atoms with Gasteiger partial charge in [-0.1, -0.05) is 11.6 Å². The van der Waals surface area contributed by atoms with E-state index >= 15 is 0 Å². The van der Waals surface area contributed by atoms with E-state index < -0.39 is 5.95 Å². The van der Waals surface area contributed by atoms with E-state index in [9.17, 15) is 4.39 Å². The maximum Gasteiger partial charge on any atom is 0.212 e. The molecule has 0 unspecified atom stereocenters. The predicted octanol–water partition coefficient (Wildman–Crippen LogP) is 2.44. The molecule has 6 nitrogen and oxygen atoms in total. The summed E-state index contributed by atoms with van der Waals surface area (Å²) in [6.45, 7) is 0.911. The Balaban J connectivity index is 1.66. The molecule has 8 heteroatoms. The molecule has 1 N–H and O–H groups in total. The lowest BCUT2D eigenvalue weighted by molar-refractivity contribution is 0.584. The first kappa shape index (κ1) is 14.3. The third-order valence-corrected chi connectivity index (χ3v) is 3.96. The number of nitrogens with one attached hydrogen (secondary N) is 1. The number of nitrogens with zero attached hydrogens (tertiary/aromatic N) is 5. The van der Waals surface area contributed by atoms with Gasteiger partial charge in [-0.25, -0.2) is 14.6 Å². The van der Waals surface area contributed by atoms with Crippen molar-refractivity contribution >= 4 is 17.4 Å². The van der Waals surface area contributed by atoms with Crippen molar-refractivity contribution in [1.82, 2.24) is 25.1 Å². The number of pyridine rings is 1. The molecular formula is C15H14ClFN6. The molecule has 118 valence electrons. The smallest absolute Gasteiger partial charge is 0.212 e. The zero-order chi connectivity index (χ0) is 15.8. The van der Waals surface area contributed by atoms with Crippen molar-refractivity contribution in [3.63, 3.8) is 0 Å². The van der Waals surface area contributed by atoms with Crippen LogP contribution in [0.1, 0.15) is 24.6 Å². The third kappa shape index (κ3) is 3.10. The molecule has 3 heterocycles. The summed E-state index contributed by atoms with van der Waals surface area (Å²) in [5.41, 5.74) is 0.732. The van der Waals surface area contributed by atoms with Crippen LogP contribution >= 0.6 is 11.6 Å². The van der Waals surface area contributed by atoms with Gasteiger partial charge in [-0.2, -0.15) is 9.49 Å². The molecule has 1 saturated carbocycles. The number of hydrogen-bond donors (Lipinski definition) is 1. The number of hydrogen-bond acceptors (Lipinski definition) is 5. The molecule has 1 aliphatic carbocycles. The van der Waals surface area contributed by atoms with E-state index in [0.29, 0.717) is 29.9 Å². The first-order valence-corrected chi connectivity index (χ1v) is 7.78. The van der Waals surface area contributed by atoms with E-state index in [4.69, 9.17) is 11.6 Å². The highest BCUT2D eigenvalue weighted by molar-refractivity contribution is 6.30. The van der Waals surface area contributed by atoms with E-state index in [0.717, 1.165) is 30.1 Å². The lowest BCUT2D eigenvalue weighted by atomic mass is 10.2. The Hall–Kier alpha value is -2.28. The van der Waals surface area contributed by atoms with Crippen molar-refractivity contribution in [3.05, 3.63) is 41.3 Å². The van der Waals surface area contributed by atoms with Gasteiger partial charge < -0.3 is 5.32 Å². The lowest BCUT2D eigenvalue weighted by Gasteiger charge is -2.12. The molecule has 0 atom stereocenters. The lowest BCUT2D eigenvalue weighted by Crippen LogP contribution is -2.27. The Labute approximate surface area is 137 Å². The van der Waals surface area contributed by atoms with Crippen LogP contribution in [0.2, 0.25) is 0 Å². The largest absolute Gasteiger partial charge is 0.348 e. The van der Waals surface area contributed by atoms with Crippen LogP contribution in [0.4, 0.5) is 4.39 Å². The fourth-order valence-corrected chi connectivity index (χ4v) is 2.48. The minimum atomic E-state index is -0.514. The van der Waals surface area contributed by atoms with Crippen LogP contribution in [-0.4, -0.2) is 32.1 Å². The minimum Gasteiger partial charge on any atom is -0.348 e. The van der Waals surface area contributed by atoms with Gasteiger partial charge >= 0.3 is 0 Å². The van der Waals surface area contributed by atoms with Crippen LogP contribution < -0.4 is 5.32 Å². The summed E-state index contributed by atoms with van der Waals surface area (Å²) >= 11 is 5.89. The van der Waals surface area contributed by atoms with E-state index in [1.807, 2.05) is 0 Å². The normalized spacial score (nSPS) is 17.5. The van der Waals surface area contributed by atoms with Gasteiger partial charge in [0.05, 0.1) is 11.6 Å². The van der Waals surface area contributed by atoms with E-state index in [2.05, 4.69) is 25.4 Å². The van der Waals surface area contributed by atoms with Gasteiger partial charge in [0.2, 0.25) is 5.95 Å². The van der Waals surface area contributed by atoms with Crippen LogP contribution in [0, 0.1) is 5.95 Å². The van der Waals surface area contributed by atoms with Gasteiger partial charge in [-0.15, -0.1) is 0 Å². The zero-order valence-corrected chi connectivity index (χ0v) is 13.0. The highest BCUT2D eigenvalue weighted by Gasteiger charge is 2.29. The molecule has 0 bridgehead atoms. The molecule has 23 heavy (non-hydrogen) atoms.